The molecule has 3 aromatic carbocycles. The molecule has 4 rings (SSSR count). The zero-order valence-electron chi connectivity index (χ0n) is 14.5. The molecule has 130 valence electrons. The Bertz CT molecular complexity index is 857. The minimum absolute atomic E-state index is 0.172. The fraction of sp³-hybridized carbons (Fsp3) is 0.182. The summed E-state index contributed by atoms with van der Waals surface area (Å²) in [6, 6.07) is 23.2. The van der Waals surface area contributed by atoms with Crippen molar-refractivity contribution in [3.63, 3.8) is 0 Å². The van der Waals surface area contributed by atoms with Crippen LogP contribution < -0.4 is 4.90 Å². The lowest BCUT2D eigenvalue weighted by Crippen LogP contribution is -2.18. The van der Waals surface area contributed by atoms with E-state index in [9.17, 15) is 10.1 Å². The second-order valence-corrected chi connectivity index (χ2v) is 6.57. The van der Waals surface area contributed by atoms with Gasteiger partial charge in [0.1, 0.15) is 0 Å². The van der Waals surface area contributed by atoms with Crippen LogP contribution >= 0.6 is 0 Å². The van der Waals surface area contributed by atoms with E-state index in [-0.39, 0.29) is 10.6 Å². The van der Waals surface area contributed by atoms with Crippen molar-refractivity contribution in [3.8, 4) is 22.3 Å². The van der Waals surface area contributed by atoms with Crippen LogP contribution in [0.25, 0.3) is 22.3 Å². The summed E-state index contributed by atoms with van der Waals surface area (Å²) in [6.45, 7) is 2.00. The summed E-state index contributed by atoms with van der Waals surface area (Å²) in [5.74, 6) is 0. The highest BCUT2D eigenvalue weighted by atomic mass is 16.6. The average Bonchev–Trinajstić information content (AvgIpc) is 3.23. The lowest BCUT2D eigenvalue weighted by molar-refractivity contribution is -0.383. The molecular formula is C22H20N2O2. The van der Waals surface area contributed by atoms with Gasteiger partial charge in [0.05, 0.1) is 16.1 Å². The number of hydrogen-bond donors (Lipinski definition) is 0. The topological polar surface area (TPSA) is 46.4 Å². The Morgan fingerprint density at radius 2 is 1.23 bits per heavy atom. The van der Waals surface area contributed by atoms with Gasteiger partial charge in [-0.3, -0.25) is 10.1 Å². The monoisotopic (exact) mass is 344 g/mol. The molecule has 0 unspecified atom stereocenters. The molecule has 0 atom stereocenters. The number of rotatable bonds is 4. The van der Waals surface area contributed by atoms with Crippen LogP contribution in [0.1, 0.15) is 12.8 Å². The summed E-state index contributed by atoms with van der Waals surface area (Å²) in [4.78, 5) is 14.1. The third-order valence-corrected chi connectivity index (χ3v) is 4.92. The van der Waals surface area contributed by atoms with Gasteiger partial charge in [0.15, 0.2) is 0 Å². The van der Waals surface area contributed by atoms with Crippen LogP contribution in [0, 0.1) is 10.1 Å². The van der Waals surface area contributed by atoms with E-state index >= 15 is 0 Å². The van der Waals surface area contributed by atoms with Gasteiger partial charge in [0, 0.05) is 18.8 Å². The second-order valence-electron chi connectivity index (χ2n) is 6.57. The molecule has 0 aromatic heterocycles. The van der Waals surface area contributed by atoms with Crippen molar-refractivity contribution in [1.82, 2.24) is 0 Å². The summed E-state index contributed by atoms with van der Waals surface area (Å²) in [7, 11) is 0. The molecular weight excluding hydrogens is 324 g/mol. The molecule has 1 aliphatic rings. The third kappa shape index (κ3) is 3.06. The van der Waals surface area contributed by atoms with Gasteiger partial charge in [0.2, 0.25) is 0 Å². The second kappa shape index (κ2) is 7.00. The molecule has 26 heavy (non-hydrogen) atoms. The van der Waals surface area contributed by atoms with E-state index in [0.29, 0.717) is 11.1 Å². The van der Waals surface area contributed by atoms with Gasteiger partial charge in [-0.1, -0.05) is 60.7 Å². The van der Waals surface area contributed by atoms with Gasteiger partial charge in [-0.15, -0.1) is 0 Å². The first-order chi connectivity index (χ1) is 12.7. The third-order valence-electron chi connectivity index (χ3n) is 4.92. The number of benzene rings is 3. The quantitative estimate of drug-likeness (QED) is 0.462. The van der Waals surface area contributed by atoms with Gasteiger partial charge >= 0.3 is 0 Å². The first kappa shape index (κ1) is 16.3. The molecule has 4 heteroatoms. The minimum atomic E-state index is -0.252. The van der Waals surface area contributed by atoms with Crippen LogP contribution in [0.3, 0.4) is 0 Å². The fourth-order valence-corrected chi connectivity index (χ4v) is 3.65. The van der Waals surface area contributed by atoms with Crippen LogP contribution in [-0.2, 0) is 0 Å². The molecule has 1 aliphatic heterocycles. The predicted octanol–water partition coefficient (Wildman–Crippen LogP) is 5.53. The normalized spacial score (nSPS) is 13.8. The number of hydrogen-bond acceptors (Lipinski definition) is 3. The number of anilines is 1. The summed E-state index contributed by atoms with van der Waals surface area (Å²) >= 11 is 0. The van der Waals surface area contributed by atoms with Crippen molar-refractivity contribution >= 4 is 11.4 Å². The molecule has 1 fully saturated rings. The Kier molecular flexibility index (Phi) is 4.40. The Morgan fingerprint density at radius 3 is 1.65 bits per heavy atom. The number of nitrogens with zero attached hydrogens (tertiary/aromatic N) is 2. The number of nitro benzene ring substituents is 1. The Morgan fingerprint density at radius 1 is 0.769 bits per heavy atom. The molecule has 1 heterocycles. The van der Waals surface area contributed by atoms with Gasteiger partial charge in [-0.25, -0.2) is 0 Å². The maximum absolute atomic E-state index is 12.0. The van der Waals surface area contributed by atoms with Crippen LogP contribution in [-0.4, -0.2) is 18.0 Å². The van der Waals surface area contributed by atoms with Crippen LogP contribution in [0.2, 0.25) is 0 Å². The van der Waals surface area contributed by atoms with E-state index in [1.165, 1.54) is 12.8 Å². The Hall–Kier alpha value is -3.14. The first-order valence-corrected chi connectivity index (χ1v) is 8.92. The summed E-state index contributed by atoms with van der Waals surface area (Å²) in [5.41, 5.74) is 4.34. The fourth-order valence-electron chi connectivity index (χ4n) is 3.65. The van der Waals surface area contributed by atoms with Crippen molar-refractivity contribution in [2.24, 2.45) is 0 Å². The molecule has 0 N–H and O–H groups in total. The highest BCUT2D eigenvalue weighted by Gasteiger charge is 2.25. The number of nitro groups is 1. The first-order valence-electron chi connectivity index (χ1n) is 8.92. The lowest BCUT2D eigenvalue weighted by atomic mass is 9.95. The standard InChI is InChI=1S/C22H20N2O2/c25-24(26)22-20(17-9-3-1-4-10-17)15-19(23-13-7-8-14-23)16-21(22)18-11-5-2-6-12-18/h1-6,9-12,15-16H,7-8,13-14H2. The summed E-state index contributed by atoms with van der Waals surface area (Å²) in [6.07, 6.45) is 2.33. The highest BCUT2D eigenvalue weighted by molar-refractivity contribution is 5.89. The molecule has 3 aromatic rings. The Labute approximate surface area is 152 Å². The van der Waals surface area contributed by atoms with E-state index in [4.69, 9.17) is 0 Å². The van der Waals surface area contributed by atoms with Crippen molar-refractivity contribution in [1.29, 1.82) is 0 Å². The molecule has 0 aliphatic carbocycles. The van der Waals surface area contributed by atoms with Gasteiger partial charge in [-0.2, -0.15) is 0 Å². The van der Waals surface area contributed by atoms with E-state index < -0.39 is 0 Å². The van der Waals surface area contributed by atoms with Crippen molar-refractivity contribution in [2.75, 3.05) is 18.0 Å². The van der Waals surface area contributed by atoms with Crippen molar-refractivity contribution < 1.29 is 4.92 Å². The molecule has 4 nitrogen and oxygen atoms in total. The molecule has 0 saturated carbocycles. The van der Waals surface area contributed by atoms with E-state index in [1.807, 2.05) is 72.8 Å². The molecule has 1 saturated heterocycles. The lowest BCUT2D eigenvalue weighted by Gasteiger charge is -2.20. The molecule has 0 bridgehead atoms. The van der Waals surface area contributed by atoms with E-state index in [0.717, 1.165) is 29.9 Å². The minimum Gasteiger partial charge on any atom is -0.371 e. The van der Waals surface area contributed by atoms with Crippen molar-refractivity contribution in [2.45, 2.75) is 12.8 Å². The van der Waals surface area contributed by atoms with E-state index in [2.05, 4.69) is 4.90 Å². The summed E-state index contributed by atoms with van der Waals surface area (Å²) < 4.78 is 0. The van der Waals surface area contributed by atoms with Gasteiger partial charge in [-0.05, 0) is 36.1 Å². The van der Waals surface area contributed by atoms with Gasteiger partial charge < -0.3 is 4.90 Å². The largest absolute Gasteiger partial charge is 0.371 e. The summed E-state index contributed by atoms with van der Waals surface area (Å²) in [5, 5.41) is 12.0. The Balaban J connectivity index is 1.99. The zero-order valence-corrected chi connectivity index (χ0v) is 14.5. The average molecular weight is 344 g/mol. The smallest absolute Gasteiger partial charge is 0.285 e. The highest BCUT2D eigenvalue weighted by Crippen LogP contribution is 2.42. The zero-order chi connectivity index (χ0) is 17.9. The van der Waals surface area contributed by atoms with E-state index in [1.54, 1.807) is 0 Å². The van der Waals surface area contributed by atoms with Crippen molar-refractivity contribution in [3.05, 3.63) is 82.9 Å². The van der Waals surface area contributed by atoms with Crippen LogP contribution in [0.4, 0.5) is 11.4 Å². The maximum atomic E-state index is 12.0. The maximum Gasteiger partial charge on any atom is 0.285 e. The molecule has 0 spiro atoms. The van der Waals surface area contributed by atoms with Crippen LogP contribution in [0.5, 0.6) is 0 Å². The SMILES string of the molecule is O=[N+]([O-])c1c(-c2ccccc2)cc(N2CCCC2)cc1-c1ccccc1. The predicted molar refractivity (Wildman–Crippen MR) is 105 cm³/mol. The van der Waals surface area contributed by atoms with Crippen LogP contribution in [0.15, 0.2) is 72.8 Å². The molecule has 0 amide bonds. The molecule has 0 radical (unpaired) electrons. The van der Waals surface area contributed by atoms with Gasteiger partial charge in [0.25, 0.3) is 5.69 Å².